The first kappa shape index (κ1) is 18.9. The highest BCUT2D eigenvalue weighted by atomic mass is 16.2. The summed E-state index contributed by atoms with van der Waals surface area (Å²) >= 11 is 0. The van der Waals surface area contributed by atoms with Gasteiger partial charge in [0.05, 0.1) is 0 Å². The zero-order chi connectivity index (χ0) is 19.4. The highest BCUT2D eigenvalue weighted by Gasteiger charge is 2.22. The predicted octanol–water partition coefficient (Wildman–Crippen LogP) is 2.77. The van der Waals surface area contributed by atoms with Gasteiger partial charge in [0.25, 0.3) is 0 Å². The molecule has 7 heteroatoms. The molecule has 2 amide bonds. The summed E-state index contributed by atoms with van der Waals surface area (Å²) in [6.07, 6.45) is 0.994. The lowest BCUT2D eigenvalue weighted by Gasteiger charge is -2.35. The number of hydrogen-bond acceptors (Lipinski definition) is 5. The molecule has 0 radical (unpaired) electrons. The number of nitrogens with zero attached hydrogens (tertiary/aromatic N) is 5. The Morgan fingerprint density at radius 2 is 1.78 bits per heavy atom. The van der Waals surface area contributed by atoms with Crippen molar-refractivity contribution in [2.24, 2.45) is 0 Å². The topological polar surface area (TPSA) is 64.6 Å². The van der Waals surface area contributed by atoms with E-state index in [2.05, 4.69) is 27.1 Å². The number of amides is 2. The largest absolute Gasteiger partial charge is 0.363 e. The lowest BCUT2D eigenvalue weighted by atomic mass is 10.1. The van der Waals surface area contributed by atoms with Gasteiger partial charge in [-0.2, -0.15) is 0 Å². The Balaban J connectivity index is 1.59. The Hall–Kier alpha value is -2.83. The molecule has 1 aromatic heterocycles. The number of hydrogen-bond donors (Lipinski definition) is 1. The number of nitrogens with one attached hydrogen (secondary N) is 1. The van der Waals surface area contributed by atoms with Crippen LogP contribution in [0.15, 0.2) is 30.3 Å². The first-order valence-electron chi connectivity index (χ1n) is 9.39. The van der Waals surface area contributed by atoms with Crippen molar-refractivity contribution in [2.75, 3.05) is 55.4 Å². The number of carbonyl (C=O) groups is 1. The maximum atomic E-state index is 12.5. The lowest BCUT2D eigenvalue weighted by Crippen LogP contribution is -2.50. The monoisotopic (exact) mass is 368 g/mol. The maximum Gasteiger partial charge on any atom is 0.321 e. The first-order valence-corrected chi connectivity index (χ1v) is 9.39. The van der Waals surface area contributed by atoms with E-state index in [1.165, 1.54) is 5.56 Å². The average molecular weight is 368 g/mol. The van der Waals surface area contributed by atoms with Crippen LogP contribution in [0.1, 0.15) is 18.3 Å². The summed E-state index contributed by atoms with van der Waals surface area (Å²) in [6, 6.07) is 9.96. The minimum atomic E-state index is -0.0493. The minimum Gasteiger partial charge on any atom is -0.363 e. The number of piperazine rings is 1. The van der Waals surface area contributed by atoms with E-state index in [1.807, 2.05) is 61.2 Å². The Bertz CT molecular complexity index is 782. The summed E-state index contributed by atoms with van der Waals surface area (Å²) in [7, 11) is 3.95. The average Bonchev–Trinajstić information content (AvgIpc) is 2.68. The van der Waals surface area contributed by atoms with E-state index in [0.717, 1.165) is 42.7 Å². The lowest BCUT2D eigenvalue weighted by molar-refractivity contribution is 0.208. The van der Waals surface area contributed by atoms with Crippen LogP contribution in [0, 0.1) is 6.92 Å². The Kier molecular flexibility index (Phi) is 5.78. The van der Waals surface area contributed by atoms with E-state index in [-0.39, 0.29) is 6.03 Å². The van der Waals surface area contributed by atoms with Crippen molar-refractivity contribution in [3.63, 3.8) is 0 Å². The third kappa shape index (κ3) is 4.67. The number of aryl methyl sites for hydroxylation is 2. The fourth-order valence-electron chi connectivity index (χ4n) is 3.09. The summed E-state index contributed by atoms with van der Waals surface area (Å²) in [5.41, 5.74) is 2.10. The van der Waals surface area contributed by atoms with Gasteiger partial charge in [0.1, 0.15) is 17.5 Å². The van der Waals surface area contributed by atoms with Gasteiger partial charge in [-0.3, -0.25) is 0 Å². The van der Waals surface area contributed by atoms with Crippen LogP contribution in [0.3, 0.4) is 0 Å². The number of aromatic nitrogens is 2. The fraction of sp³-hybridized carbons (Fsp3) is 0.450. The van der Waals surface area contributed by atoms with Crippen LogP contribution in [-0.4, -0.2) is 61.2 Å². The van der Waals surface area contributed by atoms with Crippen LogP contribution in [0.2, 0.25) is 0 Å². The van der Waals surface area contributed by atoms with Crippen molar-refractivity contribution in [1.82, 2.24) is 14.9 Å². The molecule has 1 aliphatic rings. The molecule has 0 unspecified atom stereocenters. The molecular formula is C20H28N6O. The first-order chi connectivity index (χ1) is 13.0. The molecule has 0 spiro atoms. The highest BCUT2D eigenvalue weighted by Crippen LogP contribution is 2.19. The quantitative estimate of drug-likeness (QED) is 0.899. The second-order valence-corrected chi connectivity index (χ2v) is 6.98. The summed E-state index contributed by atoms with van der Waals surface area (Å²) < 4.78 is 0. The second kappa shape index (κ2) is 8.24. The molecule has 1 N–H and O–H groups in total. The van der Waals surface area contributed by atoms with Crippen LogP contribution in [0.5, 0.6) is 0 Å². The standard InChI is InChI=1S/C20H28N6O/c1-5-16-6-8-17(9-7-16)23-20(27)26-12-10-25(11-13-26)19-14-18(24(3)4)21-15(2)22-19/h6-9,14H,5,10-13H2,1-4H3,(H,23,27). The molecule has 2 heterocycles. The van der Waals surface area contributed by atoms with Crippen molar-refractivity contribution in [3.8, 4) is 0 Å². The van der Waals surface area contributed by atoms with E-state index >= 15 is 0 Å². The Morgan fingerprint density at radius 1 is 1.11 bits per heavy atom. The third-order valence-electron chi connectivity index (χ3n) is 4.77. The minimum absolute atomic E-state index is 0.0493. The van der Waals surface area contributed by atoms with Gasteiger partial charge in [-0.1, -0.05) is 19.1 Å². The van der Waals surface area contributed by atoms with E-state index in [9.17, 15) is 4.79 Å². The number of carbonyl (C=O) groups excluding carboxylic acids is 1. The summed E-state index contributed by atoms with van der Waals surface area (Å²) in [5.74, 6) is 2.57. The molecule has 144 valence electrons. The molecule has 3 rings (SSSR count). The fourth-order valence-corrected chi connectivity index (χ4v) is 3.09. The van der Waals surface area contributed by atoms with Gasteiger partial charge in [0.15, 0.2) is 0 Å². The van der Waals surface area contributed by atoms with Gasteiger partial charge in [0.2, 0.25) is 0 Å². The summed E-state index contributed by atoms with van der Waals surface area (Å²) in [5, 5.41) is 2.99. The van der Waals surface area contributed by atoms with E-state index < -0.39 is 0 Å². The van der Waals surface area contributed by atoms with Gasteiger partial charge in [0, 0.05) is 52.0 Å². The number of benzene rings is 1. The van der Waals surface area contributed by atoms with Crippen LogP contribution in [-0.2, 0) is 6.42 Å². The van der Waals surface area contributed by atoms with Gasteiger partial charge in [-0.25, -0.2) is 14.8 Å². The predicted molar refractivity (Wildman–Crippen MR) is 110 cm³/mol. The van der Waals surface area contributed by atoms with Crippen LogP contribution in [0.25, 0.3) is 0 Å². The molecule has 1 saturated heterocycles. The molecule has 1 fully saturated rings. The van der Waals surface area contributed by atoms with E-state index in [4.69, 9.17) is 0 Å². The number of anilines is 3. The van der Waals surface area contributed by atoms with Crippen molar-refractivity contribution in [1.29, 1.82) is 0 Å². The smallest absolute Gasteiger partial charge is 0.321 e. The summed E-state index contributed by atoms with van der Waals surface area (Å²) in [4.78, 5) is 27.6. The molecule has 2 aromatic rings. The molecule has 7 nitrogen and oxygen atoms in total. The number of urea groups is 1. The SMILES string of the molecule is CCc1ccc(NC(=O)N2CCN(c3cc(N(C)C)nc(C)n3)CC2)cc1. The van der Waals surface area contributed by atoms with E-state index in [0.29, 0.717) is 13.1 Å². The normalized spacial score (nSPS) is 14.2. The molecule has 1 aliphatic heterocycles. The van der Waals surface area contributed by atoms with Gasteiger partial charge >= 0.3 is 6.03 Å². The molecule has 0 bridgehead atoms. The van der Waals surface area contributed by atoms with Crippen LogP contribution in [0.4, 0.5) is 22.1 Å². The van der Waals surface area contributed by atoms with Crippen molar-refractivity contribution in [2.45, 2.75) is 20.3 Å². The number of rotatable bonds is 4. The van der Waals surface area contributed by atoms with E-state index in [1.54, 1.807) is 0 Å². The van der Waals surface area contributed by atoms with Gasteiger partial charge in [-0.05, 0) is 31.0 Å². The zero-order valence-corrected chi connectivity index (χ0v) is 16.6. The van der Waals surface area contributed by atoms with Crippen molar-refractivity contribution >= 4 is 23.4 Å². The Morgan fingerprint density at radius 3 is 2.37 bits per heavy atom. The Labute approximate surface area is 161 Å². The van der Waals surface area contributed by atoms with Gasteiger partial charge < -0.3 is 20.0 Å². The molecule has 0 atom stereocenters. The maximum absolute atomic E-state index is 12.5. The second-order valence-electron chi connectivity index (χ2n) is 6.98. The molecule has 27 heavy (non-hydrogen) atoms. The molecular weight excluding hydrogens is 340 g/mol. The third-order valence-corrected chi connectivity index (χ3v) is 4.77. The van der Waals surface area contributed by atoms with Crippen LogP contribution >= 0.6 is 0 Å². The van der Waals surface area contributed by atoms with Crippen molar-refractivity contribution < 1.29 is 4.79 Å². The summed E-state index contributed by atoms with van der Waals surface area (Å²) in [6.45, 7) is 6.87. The zero-order valence-electron chi connectivity index (χ0n) is 16.6. The van der Waals surface area contributed by atoms with Crippen molar-refractivity contribution in [3.05, 3.63) is 41.7 Å². The highest BCUT2D eigenvalue weighted by molar-refractivity contribution is 5.89. The molecule has 0 saturated carbocycles. The molecule has 0 aliphatic carbocycles. The molecule has 1 aromatic carbocycles. The van der Waals surface area contributed by atoms with Crippen LogP contribution < -0.4 is 15.1 Å². The van der Waals surface area contributed by atoms with Gasteiger partial charge in [-0.15, -0.1) is 0 Å².